The van der Waals surface area contributed by atoms with Gasteiger partial charge < -0.3 is 5.32 Å². The normalized spacial score (nSPS) is 25.6. The number of hydrogen-bond donors (Lipinski definition) is 1. The van der Waals surface area contributed by atoms with Crippen molar-refractivity contribution in [1.82, 2.24) is 5.32 Å². The van der Waals surface area contributed by atoms with Crippen LogP contribution in [-0.4, -0.2) is 11.4 Å². The van der Waals surface area contributed by atoms with Crippen LogP contribution in [0.5, 0.6) is 0 Å². The monoisotopic (exact) mass is 237 g/mol. The number of halogens is 1. The maximum Gasteiger partial charge on any atom is 0.0337 e. The molecule has 0 heterocycles. The molecule has 1 nitrogen and oxygen atoms in total. The minimum atomic E-state index is 0.414. The molecule has 2 heteroatoms. The average Bonchev–Trinajstić information content (AvgIpc) is 2.30. The Morgan fingerprint density at radius 2 is 1.75 bits per heavy atom. The summed E-state index contributed by atoms with van der Waals surface area (Å²) in [7, 11) is 0. The molecule has 0 aliphatic heterocycles. The van der Waals surface area contributed by atoms with Crippen molar-refractivity contribution in [2.24, 2.45) is 0 Å². The molecule has 0 amide bonds. The largest absolute Gasteiger partial charge is 0.310 e. The highest BCUT2D eigenvalue weighted by Gasteiger charge is 2.18. The Balaban J connectivity index is 1.77. The zero-order valence-corrected chi connectivity index (χ0v) is 10.6. The molecule has 1 aromatic carbocycles. The average molecular weight is 238 g/mol. The van der Waals surface area contributed by atoms with Gasteiger partial charge in [0.1, 0.15) is 0 Å². The molecule has 1 N–H and O–H groups in total. The SMILES string of the molecule is Cc1ccc(CNC2CCC(Cl)CC2)cc1. The highest BCUT2D eigenvalue weighted by molar-refractivity contribution is 6.20. The van der Waals surface area contributed by atoms with Crippen LogP contribution >= 0.6 is 11.6 Å². The molecule has 0 saturated heterocycles. The van der Waals surface area contributed by atoms with Crippen LogP contribution in [-0.2, 0) is 6.54 Å². The molecule has 1 aliphatic rings. The third-order valence-corrected chi connectivity index (χ3v) is 3.81. The molecule has 0 spiro atoms. The van der Waals surface area contributed by atoms with Gasteiger partial charge in [0.25, 0.3) is 0 Å². The van der Waals surface area contributed by atoms with E-state index in [0.29, 0.717) is 11.4 Å². The van der Waals surface area contributed by atoms with Crippen molar-refractivity contribution in [2.45, 2.75) is 50.6 Å². The summed E-state index contributed by atoms with van der Waals surface area (Å²) < 4.78 is 0. The first-order chi connectivity index (χ1) is 7.74. The predicted octanol–water partition coefficient (Wildman–Crippen LogP) is 3.63. The van der Waals surface area contributed by atoms with Gasteiger partial charge in [-0.1, -0.05) is 29.8 Å². The Kier molecular flexibility index (Phi) is 4.25. The molecule has 0 atom stereocenters. The lowest BCUT2D eigenvalue weighted by atomic mass is 9.95. The van der Waals surface area contributed by atoms with E-state index in [-0.39, 0.29) is 0 Å². The van der Waals surface area contributed by atoms with Gasteiger partial charge in [-0.3, -0.25) is 0 Å². The van der Waals surface area contributed by atoms with Gasteiger partial charge in [0.2, 0.25) is 0 Å². The van der Waals surface area contributed by atoms with E-state index in [9.17, 15) is 0 Å². The van der Waals surface area contributed by atoms with Gasteiger partial charge in [-0.05, 0) is 38.2 Å². The zero-order valence-electron chi connectivity index (χ0n) is 9.88. The lowest BCUT2D eigenvalue weighted by molar-refractivity contribution is 0.376. The Morgan fingerprint density at radius 3 is 2.38 bits per heavy atom. The highest BCUT2D eigenvalue weighted by atomic mass is 35.5. The molecule has 0 unspecified atom stereocenters. The fourth-order valence-corrected chi connectivity index (χ4v) is 2.48. The Labute approximate surface area is 103 Å². The van der Waals surface area contributed by atoms with Crippen molar-refractivity contribution in [1.29, 1.82) is 0 Å². The van der Waals surface area contributed by atoms with Crippen molar-refractivity contribution in [3.05, 3.63) is 35.4 Å². The van der Waals surface area contributed by atoms with Crippen molar-refractivity contribution in [2.75, 3.05) is 0 Å². The summed E-state index contributed by atoms with van der Waals surface area (Å²) in [5.41, 5.74) is 2.70. The van der Waals surface area contributed by atoms with E-state index in [1.165, 1.54) is 24.0 Å². The lowest BCUT2D eigenvalue weighted by Gasteiger charge is -2.26. The van der Waals surface area contributed by atoms with E-state index < -0.39 is 0 Å². The fourth-order valence-electron chi connectivity index (χ4n) is 2.22. The van der Waals surface area contributed by atoms with Crippen molar-refractivity contribution < 1.29 is 0 Å². The number of nitrogens with one attached hydrogen (secondary N) is 1. The minimum Gasteiger partial charge on any atom is -0.310 e. The molecule has 0 bridgehead atoms. The van der Waals surface area contributed by atoms with Crippen LogP contribution in [0.2, 0.25) is 0 Å². The van der Waals surface area contributed by atoms with Crippen LogP contribution in [0.15, 0.2) is 24.3 Å². The first-order valence-corrected chi connectivity index (χ1v) is 6.60. The van der Waals surface area contributed by atoms with Crippen LogP contribution in [0.1, 0.15) is 36.8 Å². The number of hydrogen-bond acceptors (Lipinski definition) is 1. The molecular formula is C14H20ClN. The molecule has 1 fully saturated rings. The molecule has 16 heavy (non-hydrogen) atoms. The maximum atomic E-state index is 6.09. The molecular weight excluding hydrogens is 218 g/mol. The smallest absolute Gasteiger partial charge is 0.0337 e. The van der Waals surface area contributed by atoms with Crippen LogP contribution in [0.4, 0.5) is 0 Å². The maximum absolute atomic E-state index is 6.09. The van der Waals surface area contributed by atoms with E-state index in [4.69, 9.17) is 11.6 Å². The highest BCUT2D eigenvalue weighted by Crippen LogP contribution is 2.22. The first-order valence-electron chi connectivity index (χ1n) is 6.17. The van der Waals surface area contributed by atoms with E-state index in [0.717, 1.165) is 19.4 Å². The van der Waals surface area contributed by atoms with E-state index >= 15 is 0 Å². The minimum absolute atomic E-state index is 0.414. The van der Waals surface area contributed by atoms with Crippen molar-refractivity contribution in [3.63, 3.8) is 0 Å². The fraction of sp³-hybridized carbons (Fsp3) is 0.571. The van der Waals surface area contributed by atoms with E-state index in [2.05, 4.69) is 36.5 Å². The molecule has 1 saturated carbocycles. The second-order valence-electron chi connectivity index (χ2n) is 4.82. The topological polar surface area (TPSA) is 12.0 Å². The van der Waals surface area contributed by atoms with Crippen LogP contribution in [0.3, 0.4) is 0 Å². The Morgan fingerprint density at radius 1 is 1.12 bits per heavy atom. The predicted molar refractivity (Wildman–Crippen MR) is 69.9 cm³/mol. The Bertz CT molecular complexity index is 312. The summed E-state index contributed by atoms with van der Waals surface area (Å²) in [6.07, 6.45) is 4.76. The summed E-state index contributed by atoms with van der Waals surface area (Å²) in [5.74, 6) is 0. The third kappa shape index (κ3) is 3.50. The second kappa shape index (κ2) is 5.70. The first kappa shape index (κ1) is 11.9. The van der Waals surface area contributed by atoms with Crippen molar-refractivity contribution >= 4 is 11.6 Å². The van der Waals surface area contributed by atoms with E-state index in [1.54, 1.807) is 0 Å². The molecule has 88 valence electrons. The van der Waals surface area contributed by atoms with Gasteiger partial charge in [-0.2, -0.15) is 0 Å². The summed E-state index contributed by atoms with van der Waals surface area (Å²) in [6.45, 7) is 3.11. The van der Waals surface area contributed by atoms with Crippen LogP contribution in [0, 0.1) is 6.92 Å². The van der Waals surface area contributed by atoms with Crippen LogP contribution < -0.4 is 5.32 Å². The van der Waals surface area contributed by atoms with Gasteiger partial charge >= 0.3 is 0 Å². The van der Waals surface area contributed by atoms with E-state index in [1.807, 2.05) is 0 Å². The molecule has 0 aromatic heterocycles. The third-order valence-electron chi connectivity index (χ3n) is 3.37. The Hall–Kier alpha value is -0.530. The molecule has 2 rings (SSSR count). The van der Waals surface area contributed by atoms with Gasteiger partial charge in [-0.15, -0.1) is 11.6 Å². The summed E-state index contributed by atoms with van der Waals surface area (Å²) >= 11 is 6.09. The number of alkyl halides is 1. The number of rotatable bonds is 3. The quantitative estimate of drug-likeness (QED) is 0.792. The van der Waals surface area contributed by atoms with Crippen LogP contribution in [0.25, 0.3) is 0 Å². The molecule has 1 aromatic rings. The standard InChI is InChI=1S/C14H20ClN/c1-11-2-4-12(5-3-11)10-16-14-8-6-13(15)7-9-14/h2-5,13-14,16H,6-10H2,1H3. The zero-order chi connectivity index (χ0) is 11.4. The lowest BCUT2D eigenvalue weighted by Crippen LogP contribution is -2.32. The van der Waals surface area contributed by atoms with Gasteiger partial charge in [-0.25, -0.2) is 0 Å². The summed E-state index contributed by atoms with van der Waals surface area (Å²) in [6, 6.07) is 9.42. The van der Waals surface area contributed by atoms with Crippen molar-refractivity contribution in [3.8, 4) is 0 Å². The summed E-state index contributed by atoms with van der Waals surface area (Å²) in [5, 5.41) is 4.03. The van der Waals surface area contributed by atoms with Gasteiger partial charge in [0.15, 0.2) is 0 Å². The van der Waals surface area contributed by atoms with Gasteiger partial charge in [0, 0.05) is 18.0 Å². The number of benzene rings is 1. The number of aryl methyl sites for hydroxylation is 1. The molecule has 0 radical (unpaired) electrons. The summed E-state index contributed by atoms with van der Waals surface area (Å²) in [4.78, 5) is 0. The van der Waals surface area contributed by atoms with Gasteiger partial charge in [0.05, 0.1) is 0 Å². The molecule has 1 aliphatic carbocycles. The second-order valence-corrected chi connectivity index (χ2v) is 5.43.